The molecule has 0 aliphatic carbocycles. The fraction of sp³-hybridized carbons (Fsp3) is 0.400. The second-order valence-corrected chi connectivity index (χ2v) is 7.48. The van der Waals surface area contributed by atoms with Crippen molar-refractivity contribution in [2.45, 2.75) is 39.7 Å². The van der Waals surface area contributed by atoms with E-state index in [9.17, 15) is 0 Å². The Bertz CT molecular complexity index is 570. The molecule has 4 heteroatoms. The highest BCUT2D eigenvalue weighted by Crippen LogP contribution is 2.26. The molecule has 0 fully saturated rings. The molecule has 0 bridgehead atoms. The number of aryl methyl sites for hydroxylation is 1. The summed E-state index contributed by atoms with van der Waals surface area (Å²) in [6, 6.07) is 6.26. The van der Waals surface area contributed by atoms with Gasteiger partial charge in [-0.25, -0.2) is 4.98 Å². The van der Waals surface area contributed by atoms with E-state index in [2.05, 4.69) is 72.5 Å². The fourth-order valence-electron chi connectivity index (χ4n) is 1.74. The first kappa shape index (κ1) is 14.5. The molecule has 0 spiro atoms. The number of hydrogen-bond acceptors (Lipinski definition) is 3. The summed E-state index contributed by atoms with van der Waals surface area (Å²) in [7, 11) is 0. The molecule has 0 aliphatic rings. The van der Waals surface area contributed by atoms with Gasteiger partial charge in [-0.1, -0.05) is 36.7 Å². The van der Waals surface area contributed by atoms with Crippen molar-refractivity contribution in [3.8, 4) is 0 Å². The van der Waals surface area contributed by atoms with E-state index >= 15 is 0 Å². The minimum absolute atomic E-state index is 0.135. The minimum Gasteiger partial charge on any atom is -0.379 e. The van der Waals surface area contributed by atoms with Crippen LogP contribution in [0.25, 0.3) is 0 Å². The Hall–Kier alpha value is -0.870. The third-order valence-electron chi connectivity index (χ3n) is 2.84. The van der Waals surface area contributed by atoms with Crippen molar-refractivity contribution < 1.29 is 0 Å². The average molecular weight is 339 g/mol. The summed E-state index contributed by atoms with van der Waals surface area (Å²) >= 11 is 5.22. The molecule has 1 heterocycles. The summed E-state index contributed by atoms with van der Waals surface area (Å²) in [4.78, 5) is 4.69. The standard InChI is InChI=1S/C15H19BrN2S/c1-10-7-11(16)5-6-13(10)17-8-12-9-19-14(18-12)15(2,3)4/h5-7,9,17H,8H2,1-4H3. The third kappa shape index (κ3) is 3.80. The predicted molar refractivity (Wildman–Crippen MR) is 87.0 cm³/mol. The number of anilines is 1. The zero-order chi connectivity index (χ0) is 14.0. The first-order chi connectivity index (χ1) is 8.86. The van der Waals surface area contributed by atoms with E-state index in [0.717, 1.165) is 22.4 Å². The van der Waals surface area contributed by atoms with Crippen molar-refractivity contribution in [2.75, 3.05) is 5.32 Å². The molecule has 1 aromatic heterocycles. The molecule has 0 radical (unpaired) electrons. The highest BCUT2D eigenvalue weighted by molar-refractivity contribution is 9.10. The molecule has 0 atom stereocenters. The van der Waals surface area contributed by atoms with Gasteiger partial charge in [-0.05, 0) is 30.7 Å². The Morgan fingerprint density at radius 3 is 2.63 bits per heavy atom. The number of benzene rings is 1. The summed E-state index contributed by atoms with van der Waals surface area (Å²) in [5.74, 6) is 0. The largest absolute Gasteiger partial charge is 0.379 e. The summed E-state index contributed by atoms with van der Waals surface area (Å²) in [6.07, 6.45) is 0. The van der Waals surface area contributed by atoms with Crippen molar-refractivity contribution in [3.63, 3.8) is 0 Å². The van der Waals surface area contributed by atoms with Gasteiger partial charge in [-0.2, -0.15) is 0 Å². The Kier molecular flexibility index (Phi) is 4.31. The maximum absolute atomic E-state index is 4.69. The quantitative estimate of drug-likeness (QED) is 0.839. The number of aromatic nitrogens is 1. The molecule has 0 amide bonds. The first-order valence-corrected chi connectivity index (χ1v) is 7.98. The lowest BCUT2D eigenvalue weighted by Crippen LogP contribution is -2.11. The molecule has 19 heavy (non-hydrogen) atoms. The molecular formula is C15H19BrN2S. The van der Waals surface area contributed by atoms with Crippen LogP contribution in [-0.4, -0.2) is 4.98 Å². The SMILES string of the molecule is Cc1cc(Br)ccc1NCc1csc(C(C)(C)C)n1. The molecule has 2 aromatic rings. The molecule has 0 aliphatic heterocycles. The molecule has 2 rings (SSSR count). The molecule has 2 nitrogen and oxygen atoms in total. The Morgan fingerprint density at radius 2 is 2.05 bits per heavy atom. The van der Waals surface area contributed by atoms with E-state index < -0.39 is 0 Å². The van der Waals surface area contributed by atoms with Crippen LogP contribution in [0.3, 0.4) is 0 Å². The number of nitrogens with zero attached hydrogens (tertiary/aromatic N) is 1. The molecule has 102 valence electrons. The molecule has 0 unspecified atom stereocenters. The van der Waals surface area contributed by atoms with Crippen LogP contribution in [0.5, 0.6) is 0 Å². The van der Waals surface area contributed by atoms with Crippen molar-refractivity contribution in [2.24, 2.45) is 0 Å². The number of halogens is 1. The maximum atomic E-state index is 4.69. The van der Waals surface area contributed by atoms with Crippen molar-refractivity contribution in [1.82, 2.24) is 4.98 Å². The molecule has 0 saturated carbocycles. The highest BCUT2D eigenvalue weighted by Gasteiger charge is 2.17. The van der Waals surface area contributed by atoms with Gasteiger partial charge in [0.05, 0.1) is 17.2 Å². The normalized spacial score (nSPS) is 11.6. The second kappa shape index (κ2) is 5.63. The Labute approximate surface area is 127 Å². The molecular weight excluding hydrogens is 320 g/mol. The highest BCUT2D eigenvalue weighted by atomic mass is 79.9. The van der Waals surface area contributed by atoms with E-state index in [-0.39, 0.29) is 5.41 Å². The summed E-state index contributed by atoms with van der Waals surface area (Å²) < 4.78 is 1.11. The van der Waals surface area contributed by atoms with Crippen molar-refractivity contribution in [3.05, 3.63) is 44.3 Å². The predicted octanol–water partition coefficient (Wildman–Crippen LogP) is 5.12. The van der Waals surface area contributed by atoms with Crippen LogP contribution in [0.1, 0.15) is 37.0 Å². The summed E-state index contributed by atoms with van der Waals surface area (Å²) in [5, 5.41) is 6.78. The number of nitrogens with one attached hydrogen (secondary N) is 1. The second-order valence-electron chi connectivity index (χ2n) is 5.71. The van der Waals surface area contributed by atoms with Gasteiger partial charge in [0, 0.05) is 21.0 Å². The third-order valence-corrected chi connectivity index (χ3v) is 4.65. The monoisotopic (exact) mass is 338 g/mol. The van der Waals surface area contributed by atoms with E-state index in [0.29, 0.717) is 0 Å². The lowest BCUT2D eigenvalue weighted by atomic mass is 9.98. The van der Waals surface area contributed by atoms with E-state index in [1.54, 1.807) is 11.3 Å². The van der Waals surface area contributed by atoms with Crippen molar-refractivity contribution in [1.29, 1.82) is 0 Å². The Morgan fingerprint density at radius 1 is 1.32 bits per heavy atom. The summed E-state index contributed by atoms with van der Waals surface area (Å²) in [6.45, 7) is 9.47. The maximum Gasteiger partial charge on any atom is 0.0982 e. The van der Waals surface area contributed by atoms with Crippen LogP contribution in [-0.2, 0) is 12.0 Å². The number of thiazole rings is 1. The van der Waals surface area contributed by atoms with Gasteiger partial charge in [0.1, 0.15) is 0 Å². The van der Waals surface area contributed by atoms with E-state index in [1.165, 1.54) is 10.6 Å². The average Bonchev–Trinajstić information content (AvgIpc) is 2.76. The lowest BCUT2D eigenvalue weighted by Gasteiger charge is -2.13. The van der Waals surface area contributed by atoms with Crippen molar-refractivity contribution >= 4 is 33.0 Å². The number of rotatable bonds is 3. The van der Waals surface area contributed by atoms with Gasteiger partial charge in [-0.3, -0.25) is 0 Å². The van der Waals surface area contributed by atoms with Crippen LogP contribution in [0.2, 0.25) is 0 Å². The van der Waals surface area contributed by atoms with Crippen LogP contribution in [0, 0.1) is 6.92 Å². The zero-order valence-electron chi connectivity index (χ0n) is 11.7. The van der Waals surface area contributed by atoms with Gasteiger partial charge in [0.25, 0.3) is 0 Å². The Balaban J connectivity index is 2.04. The summed E-state index contributed by atoms with van der Waals surface area (Å²) in [5.41, 5.74) is 3.64. The van der Waals surface area contributed by atoms with Crippen LogP contribution in [0.15, 0.2) is 28.1 Å². The van der Waals surface area contributed by atoms with Gasteiger partial charge < -0.3 is 5.32 Å². The smallest absolute Gasteiger partial charge is 0.0982 e. The topological polar surface area (TPSA) is 24.9 Å². The van der Waals surface area contributed by atoms with E-state index in [4.69, 9.17) is 4.98 Å². The van der Waals surface area contributed by atoms with Gasteiger partial charge in [-0.15, -0.1) is 11.3 Å². The van der Waals surface area contributed by atoms with Gasteiger partial charge in [0.2, 0.25) is 0 Å². The van der Waals surface area contributed by atoms with Crippen LogP contribution >= 0.6 is 27.3 Å². The minimum atomic E-state index is 0.135. The van der Waals surface area contributed by atoms with Gasteiger partial charge in [0.15, 0.2) is 0 Å². The molecule has 1 N–H and O–H groups in total. The number of hydrogen-bond donors (Lipinski definition) is 1. The van der Waals surface area contributed by atoms with Crippen LogP contribution < -0.4 is 5.32 Å². The molecule has 1 aromatic carbocycles. The zero-order valence-corrected chi connectivity index (χ0v) is 14.2. The molecule has 0 saturated heterocycles. The first-order valence-electron chi connectivity index (χ1n) is 6.31. The fourth-order valence-corrected chi connectivity index (χ4v) is 3.13. The van der Waals surface area contributed by atoms with Gasteiger partial charge >= 0.3 is 0 Å². The lowest BCUT2D eigenvalue weighted by molar-refractivity contribution is 0.583. The van der Waals surface area contributed by atoms with Crippen LogP contribution in [0.4, 0.5) is 5.69 Å². The van der Waals surface area contributed by atoms with E-state index in [1.807, 2.05) is 0 Å².